The van der Waals surface area contributed by atoms with Crippen molar-refractivity contribution in [2.75, 3.05) is 12.0 Å². The van der Waals surface area contributed by atoms with Gasteiger partial charge < -0.3 is 4.74 Å². The lowest BCUT2D eigenvalue weighted by molar-refractivity contribution is -0.141. The fourth-order valence-electron chi connectivity index (χ4n) is 2.67. The predicted molar refractivity (Wildman–Crippen MR) is 104 cm³/mol. The molecule has 0 amide bonds. The number of hydrogen-bond donors (Lipinski definition) is 1. The Hall–Kier alpha value is -3.29. The molecular weight excluding hydrogens is 344 g/mol. The topological polar surface area (TPSA) is 94.3 Å². The van der Waals surface area contributed by atoms with Gasteiger partial charge in [0.05, 0.1) is 29.8 Å². The number of hydrazone groups is 1. The number of anilines is 1. The minimum Gasteiger partial charge on any atom is -0.466 e. The van der Waals surface area contributed by atoms with Gasteiger partial charge >= 0.3 is 5.97 Å². The second kappa shape index (κ2) is 7.94. The van der Waals surface area contributed by atoms with Crippen LogP contribution in [0, 0.1) is 13.8 Å². The average Bonchev–Trinajstić information content (AvgIpc) is 2.97. The summed E-state index contributed by atoms with van der Waals surface area (Å²) in [5.41, 5.74) is 6.84. The Labute approximate surface area is 157 Å². The van der Waals surface area contributed by atoms with Crippen LogP contribution in [0.15, 0.2) is 35.4 Å². The maximum atomic E-state index is 11.6. The van der Waals surface area contributed by atoms with E-state index in [0.29, 0.717) is 24.0 Å². The van der Waals surface area contributed by atoms with Gasteiger partial charge in [-0.15, -0.1) is 0 Å². The maximum Gasteiger partial charge on any atom is 0.311 e. The van der Waals surface area contributed by atoms with Crippen molar-refractivity contribution in [3.63, 3.8) is 0 Å². The number of fused-ring (bicyclic) bond motifs is 1. The Morgan fingerprint density at radius 2 is 1.93 bits per heavy atom. The number of aromatic nitrogens is 4. The third-order valence-electron chi connectivity index (χ3n) is 3.82. The molecule has 1 N–H and O–H groups in total. The minimum absolute atomic E-state index is 0.108. The first kappa shape index (κ1) is 18.5. The van der Waals surface area contributed by atoms with Crippen LogP contribution in [0.5, 0.6) is 0 Å². The van der Waals surface area contributed by atoms with Crippen LogP contribution in [-0.2, 0) is 9.53 Å². The van der Waals surface area contributed by atoms with E-state index in [4.69, 9.17) is 9.72 Å². The number of nitrogens with zero attached hydrogens (tertiary/aromatic N) is 5. The Balaban J connectivity index is 1.99. The van der Waals surface area contributed by atoms with Crippen LogP contribution in [0.25, 0.3) is 16.9 Å². The molecule has 0 saturated heterocycles. The van der Waals surface area contributed by atoms with Gasteiger partial charge in [0.2, 0.25) is 0 Å². The quantitative estimate of drug-likeness (QED) is 0.409. The molecule has 0 aliphatic heterocycles. The average molecular weight is 366 g/mol. The van der Waals surface area contributed by atoms with Crippen LogP contribution >= 0.6 is 0 Å². The summed E-state index contributed by atoms with van der Waals surface area (Å²) in [6.45, 7) is 7.75. The molecule has 0 fully saturated rings. The monoisotopic (exact) mass is 366 g/mol. The number of para-hydroxylation sites is 2. The van der Waals surface area contributed by atoms with Crippen LogP contribution in [0.2, 0.25) is 0 Å². The van der Waals surface area contributed by atoms with Crippen molar-refractivity contribution in [1.29, 1.82) is 0 Å². The zero-order chi connectivity index (χ0) is 19.4. The molecule has 27 heavy (non-hydrogen) atoms. The molecular formula is C19H22N6O2. The summed E-state index contributed by atoms with van der Waals surface area (Å²) >= 11 is 0. The highest BCUT2D eigenvalue weighted by Crippen LogP contribution is 2.22. The lowest BCUT2D eigenvalue weighted by Gasteiger charge is -2.11. The van der Waals surface area contributed by atoms with E-state index in [9.17, 15) is 4.79 Å². The van der Waals surface area contributed by atoms with Crippen LogP contribution in [0.1, 0.15) is 31.7 Å². The van der Waals surface area contributed by atoms with Crippen molar-refractivity contribution in [1.82, 2.24) is 19.7 Å². The largest absolute Gasteiger partial charge is 0.466 e. The molecule has 0 radical (unpaired) electrons. The molecule has 0 bridgehead atoms. The number of hydrogen-bond acceptors (Lipinski definition) is 7. The molecule has 0 spiro atoms. The Kier molecular flexibility index (Phi) is 5.44. The standard InChI is InChI=1S/C19H22N6O2/c1-5-27-17(26)11-12(2)22-23-18-19(25-14(4)10-13(3)24-25)21-16-9-7-6-8-15(16)20-18/h6-10H,5,11H2,1-4H3,(H,20,23)/b22-12+. The first-order chi connectivity index (χ1) is 13.0. The lowest BCUT2D eigenvalue weighted by atomic mass is 10.3. The van der Waals surface area contributed by atoms with E-state index in [1.165, 1.54) is 0 Å². The van der Waals surface area contributed by atoms with Crippen LogP contribution in [0.4, 0.5) is 5.82 Å². The Bertz CT molecular complexity index is 1010. The van der Waals surface area contributed by atoms with Gasteiger partial charge in [-0.05, 0) is 45.9 Å². The zero-order valence-corrected chi connectivity index (χ0v) is 15.9. The van der Waals surface area contributed by atoms with Gasteiger partial charge in [-0.2, -0.15) is 10.2 Å². The fraction of sp³-hybridized carbons (Fsp3) is 0.316. The van der Waals surface area contributed by atoms with E-state index in [1.807, 2.05) is 44.2 Å². The smallest absolute Gasteiger partial charge is 0.311 e. The van der Waals surface area contributed by atoms with Gasteiger partial charge in [-0.1, -0.05) is 12.1 Å². The highest BCUT2D eigenvalue weighted by molar-refractivity contribution is 5.97. The molecule has 3 rings (SSSR count). The first-order valence-electron chi connectivity index (χ1n) is 8.73. The fourth-order valence-corrected chi connectivity index (χ4v) is 2.67. The summed E-state index contributed by atoms with van der Waals surface area (Å²) in [4.78, 5) is 20.9. The molecule has 0 unspecified atom stereocenters. The molecule has 8 heteroatoms. The number of carbonyl (C=O) groups excluding carboxylic acids is 1. The summed E-state index contributed by atoms with van der Waals surface area (Å²) in [7, 11) is 0. The summed E-state index contributed by atoms with van der Waals surface area (Å²) in [5.74, 6) is 0.694. The number of ether oxygens (including phenoxy) is 1. The van der Waals surface area contributed by atoms with Crippen molar-refractivity contribution in [3.8, 4) is 5.82 Å². The molecule has 0 atom stereocenters. The van der Waals surface area contributed by atoms with Gasteiger partial charge in [-0.25, -0.2) is 14.6 Å². The molecule has 2 aromatic heterocycles. The molecule has 8 nitrogen and oxygen atoms in total. The number of esters is 1. The van der Waals surface area contributed by atoms with E-state index < -0.39 is 0 Å². The predicted octanol–water partition coefficient (Wildman–Crippen LogP) is 3.17. The van der Waals surface area contributed by atoms with Gasteiger partial charge in [0, 0.05) is 11.4 Å². The summed E-state index contributed by atoms with van der Waals surface area (Å²) in [6, 6.07) is 9.57. The number of benzene rings is 1. The van der Waals surface area contributed by atoms with Gasteiger partial charge in [-0.3, -0.25) is 10.2 Å². The zero-order valence-electron chi connectivity index (χ0n) is 15.9. The van der Waals surface area contributed by atoms with Gasteiger partial charge in [0.25, 0.3) is 0 Å². The number of aryl methyl sites for hydroxylation is 2. The van der Waals surface area contributed by atoms with E-state index >= 15 is 0 Å². The van der Waals surface area contributed by atoms with E-state index in [0.717, 1.165) is 22.4 Å². The lowest BCUT2D eigenvalue weighted by Crippen LogP contribution is -2.12. The van der Waals surface area contributed by atoms with Crippen LogP contribution in [0.3, 0.4) is 0 Å². The van der Waals surface area contributed by atoms with Gasteiger partial charge in [0.1, 0.15) is 0 Å². The molecule has 1 aromatic carbocycles. The molecule has 0 saturated carbocycles. The molecule has 140 valence electrons. The number of carbonyl (C=O) groups is 1. The molecule has 3 aromatic rings. The SMILES string of the molecule is CCOC(=O)C/C(C)=N/Nc1nc2ccccc2nc1-n1nc(C)cc1C. The third-order valence-corrected chi connectivity index (χ3v) is 3.82. The van der Waals surface area contributed by atoms with E-state index in [-0.39, 0.29) is 12.4 Å². The van der Waals surface area contributed by atoms with Crippen molar-refractivity contribution < 1.29 is 9.53 Å². The Morgan fingerprint density at radius 1 is 1.22 bits per heavy atom. The number of rotatable bonds is 6. The molecule has 0 aliphatic rings. The van der Waals surface area contributed by atoms with Crippen LogP contribution in [-0.4, -0.2) is 38.0 Å². The van der Waals surface area contributed by atoms with Crippen molar-refractivity contribution in [2.24, 2.45) is 5.10 Å². The van der Waals surface area contributed by atoms with Crippen molar-refractivity contribution in [3.05, 3.63) is 41.7 Å². The number of nitrogens with one attached hydrogen (secondary N) is 1. The first-order valence-corrected chi connectivity index (χ1v) is 8.73. The van der Waals surface area contributed by atoms with Crippen molar-refractivity contribution >= 4 is 28.5 Å². The molecule has 2 heterocycles. The maximum absolute atomic E-state index is 11.6. The summed E-state index contributed by atoms with van der Waals surface area (Å²) in [6.07, 6.45) is 0.108. The van der Waals surface area contributed by atoms with Crippen LogP contribution < -0.4 is 5.43 Å². The second-order valence-electron chi connectivity index (χ2n) is 6.16. The summed E-state index contributed by atoms with van der Waals surface area (Å²) < 4.78 is 6.67. The molecule has 0 aliphatic carbocycles. The highest BCUT2D eigenvalue weighted by Gasteiger charge is 2.14. The second-order valence-corrected chi connectivity index (χ2v) is 6.16. The van der Waals surface area contributed by atoms with Gasteiger partial charge in [0.15, 0.2) is 11.6 Å². The summed E-state index contributed by atoms with van der Waals surface area (Å²) in [5, 5.41) is 8.77. The normalized spacial score (nSPS) is 11.6. The third kappa shape index (κ3) is 4.28. The Morgan fingerprint density at radius 3 is 2.56 bits per heavy atom. The van der Waals surface area contributed by atoms with Crippen molar-refractivity contribution in [2.45, 2.75) is 34.1 Å². The van der Waals surface area contributed by atoms with E-state index in [1.54, 1.807) is 18.5 Å². The highest BCUT2D eigenvalue weighted by atomic mass is 16.5. The minimum atomic E-state index is -0.316. The van der Waals surface area contributed by atoms with E-state index in [2.05, 4.69) is 20.6 Å².